The van der Waals surface area contributed by atoms with E-state index in [-0.39, 0.29) is 10.7 Å². The molecular weight excluding hydrogens is 404 g/mol. The van der Waals surface area contributed by atoms with Gasteiger partial charge in [-0.15, -0.1) is 0 Å². The van der Waals surface area contributed by atoms with E-state index in [1.807, 2.05) is 0 Å². The van der Waals surface area contributed by atoms with Gasteiger partial charge in [0.05, 0.1) is 34.5 Å². The average Bonchev–Trinajstić information content (AvgIpc) is 2.58. The topological polar surface area (TPSA) is 101 Å². The van der Waals surface area contributed by atoms with Crippen molar-refractivity contribution < 1.29 is 18.0 Å². The highest BCUT2D eigenvalue weighted by atomic mass is 35.5. The van der Waals surface area contributed by atoms with Crippen LogP contribution in [-0.2, 0) is 14.9 Å². The van der Waals surface area contributed by atoms with Crippen molar-refractivity contribution in [1.29, 1.82) is 0 Å². The molecule has 0 saturated carbocycles. The first-order valence-electron chi connectivity index (χ1n) is 8.32. The summed E-state index contributed by atoms with van der Waals surface area (Å²) in [6.07, 6.45) is 2.42. The first-order chi connectivity index (χ1) is 12.9. The normalized spacial score (nSPS) is 11.8. The SMILES string of the molecule is CN(c1ccccc1Nc1cc(Cl)ncc1C(=O)NOC(C)(C)C)S(C)(=O)=O. The summed E-state index contributed by atoms with van der Waals surface area (Å²) >= 11 is 5.99. The number of nitrogens with one attached hydrogen (secondary N) is 2. The second-order valence-corrected chi connectivity index (χ2v) is 9.47. The molecule has 0 bridgehead atoms. The number of hydroxylamine groups is 1. The van der Waals surface area contributed by atoms with E-state index in [1.54, 1.807) is 45.0 Å². The highest BCUT2D eigenvalue weighted by molar-refractivity contribution is 7.92. The van der Waals surface area contributed by atoms with Gasteiger partial charge in [0.2, 0.25) is 10.0 Å². The Hall–Kier alpha value is -2.36. The number of carbonyl (C=O) groups excluding carboxylic acids is 1. The number of sulfonamides is 1. The first kappa shape index (κ1) is 21.9. The summed E-state index contributed by atoms with van der Waals surface area (Å²) in [5, 5.41) is 3.24. The summed E-state index contributed by atoms with van der Waals surface area (Å²) < 4.78 is 25.0. The predicted molar refractivity (Wildman–Crippen MR) is 111 cm³/mol. The van der Waals surface area contributed by atoms with Gasteiger partial charge < -0.3 is 5.32 Å². The smallest absolute Gasteiger partial charge is 0.278 e. The Morgan fingerprint density at radius 1 is 1.21 bits per heavy atom. The second-order valence-electron chi connectivity index (χ2n) is 7.07. The minimum Gasteiger partial charge on any atom is -0.353 e. The molecule has 1 aromatic heterocycles. The van der Waals surface area contributed by atoms with Gasteiger partial charge in [0.15, 0.2) is 0 Å². The lowest BCUT2D eigenvalue weighted by Gasteiger charge is -2.22. The van der Waals surface area contributed by atoms with E-state index in [0.29, 0.717) is 17.1 Å². The van der Waals surface area contributed by atoms with E-state index in [9.17, 15) is 13.2 Å². The van der Waals surface area contributed by atoms with Crippen LogP contribution in [0.1, 0.15) is 31.1 Å². The second kappa shape index (κ2) is 8.34. The number of benzene rings is 1. The third kappa shape index (κ3) is 5.82. The van der Waals surface area contributed by atoms with Crippen LogP contribution >= 0.6 is 11.6 Å². The zero-order valence-corrected chi connectivity index (χ0v) is 17.9. The lowest BCUT2D eigenvalue weighted by Crippen LogP contribution is -2.34. The van der Waals surface area contributed by atoms with Crippen LogP contribution in [0.4, 0.5) is 17.1 Å². The fourth-order valence-electron chi connectivity index (χ4n) is 2.15. The number of pyridine rings is 1. The molecule has 2 aromatic rings. The van der Waals surface area contributed by atoms with Crippen molar-refractivity contribution in [3.8, 4) is 0 Å². The number of amides is 1. The molecular formula is C18H23ClN4O4S. The van der Waals surface area contributed by atoms with Crippen molar-refractivity contribution in [2.24, 2.45) is 0 Å². The molecule has 0 fully saturated rings. The Kier molecular flexibility index (Phi) is 6.53. The van der Waals surface area contributed by atoms with E-state index in [1.165, 1.54) is 19.3 Å². The standard InChI is InChI=1S/C18H23ClN4O4S/c1-18(2,3)27-22-17(24)12-11-20-16(19)10-14(12)21-13-8-6-7-9-15(13)23(4)28(5,25)26/h6-11H,1-5H3,(H,20,21)(H,22,24). The number of hydrogen-bond donors (Lipinski definition) is 2. The molecule has 0 radical (unpaired) electrons. The van der Waals surface area contributed by atoms with Gasteiger partial charge in [-0.25, -0.2) is 18.9 Å². The predicted octanol–water partition coefficient (Wildman–Crippen LogP) is 3.33. The van der Waals surface area contributed by atoms with Crippen molar-refractivity contribution in [2.75, 3.05) is 22.9 Å². The van der Waals surface area contributed by atoms with E-state index >= 15 is 0 Å². The molecule has 0 atom stereocenters. The van der Waals surface area contributed by atoms with Gasteiger partial charge in [-0.3, -0.25) is 13.9 Å². The third-order valence-electron chi connectivity index (χ3n) is 3.58. The number of rotatable bonds is 6. The fourth-order valence-corrected chi connectivity index (χ4v) is 2.82. The molecule has 152 valence electrons. The Bertz CT molecular complexity index is 974. The van der Waals surface area contributed by atoms with Crippen LogP contribution in [0.25, 0.3) is 0 Å². The van der Waals surface area contributed by atoms with Crippen LogP contribution in [0.5, 0.6) is 0 Å². The third-order valence-corrected chi connectivity index (χ3v) is 4.97. The van der Waals surface area contributed by atoms with E-state index in [2.05, 4.69) is 15.8 Å². The van der Waals surface area contributed by atoms with Gasteiger partial charge >= 0.3 is 0 Å². The van der Waals surface area contributed by atoms with Crippen LogP contribution in [-0.4, -0.2) is 38.2 Å². The Morgan fingerprint density at radius 3 is 2.46 bits per heavy atom. The number of para-hydroxylation sites is 2. The Morgan fingerprint density at radius 2 is 1.86 bits per heavy atom. The lowest BCUT2D eigenvalue weighted by atomic mass is 10.2. The largest absolute Gasteiger partial charge is 0.353 e. The summed E-state index contributed by atoms with van der Waals surface area (Å²) in [6, 6.07) is 8.28. The summed E-state index contributed by atoms with van der Waals surface area (Å²) in [5.74, 6) is -0.518. The van der Waals surface area contributed by atoms with Crippen LogP contribution in [0, 0.1) is 0 Å². The number of nitrogens with zero attached hydrogens (tertiary/aromatic N) is 2. The molecule has 10 heteroatoms. The van der Waals surface area contributed by atoms with Crippen molar-refractivity contribution in [3.63, 3.8) is 0 Å². The van der Waals surface area contributed by atoms with Gasteiger partial charge in [0.1, 0.15) is 5.15 Å². The first-order valence-corrected chi connectivity index (χ1v) is 10.5. The minimum atomic E-state index is -3.47. The molecule has 2 rings (SSSR count). The quantitative estimate of drug-likeness (QED) is 0.542. The lowest BCUT2D eigenvalue weighted by molar-refractivity contribution is -0.0589. The van der Waals surface area contributed by atoms with E-state index in [0.717, 1.165) is 10.6 Å². The molecule has 0 aliphatic carbocycles. The maximum absolute atomic E-state index is 12.5. The molecule has 1 aromatic carbocycles. The highest BCUT2D eigenvalue weighted by Gasteiger charge is 2.20. The minimum absolute atomic E-state index is 0.171. The fraction of sp³-hybridized carbons (Fsp3) is 0.333. The molecule has 0 spiro atoms. The Labute approximate surface area is 169 Å². The molecule has 1 heterocycles. The molecule has 1 amide bonds. The summed E-state index contributed by atoms with van der Waals surface area (Å²) in [7, 11) is -2.03. The van der Waals surface area contributed by atoms with Gasteiger partial charge in [-0.2, -0.15) is 0 Å². The van der Waals surface area contributed by atoms with Crippen molar-refractivity contribution in [1.82, 2.24) is 10.5 Å². The van der Waals surface area contributed by atoms with Gasteiger partial charge in [0.25, 0.3) is 5.91 Å². The Balaban J connectivity index is 2.40. The van der Waals surface area contributed by atoms with Crippen LogP contribution in [0.3, 0.4) is 0 Å². The van der Waals surface area contributed by atoms with Crippen molar-refractivity contribution in [2.45, 2.75) is 26.4 Å². The molecule has 0 saturated heterocycles. The number of halogens is 1. The zero-order valence-electron chi connectivity index (χ0n) is 16.3. The van der Waals surface area contributed by atoms with Gasteiger partial charge in [0, 0.05) is 13.2 Å². The van der Waals surface area contributed by atoms with E-state index < -0.39 is 21.5 Å². The molecule has 28 heavy (non-hydrogen) atoms. The molecule has 0 aliphatic rings. The zero-order chi connectivity index (χ0) is 21.1. The van der Waals surface area contributed by atoms with E-state index in [4.69, 9.17) is 16.4 Å². The summed E-state index contributed by atoms with van der Waals surface area (Å²) in [5.41, 5.74) is 3.23. The average molecular weight is 427 g/mol. The number of aromatic nitrogens is 1. The maximum atomic E-state index is 12.5. The molecule has 0 aliphatic heterocycles. The number of hydrogen-bond acceptors (Lipinski definition) is 6. The van der Waals surface area contributed by atoms with Crippen molar-refractivity contribution in [3.05, 3.63) is 47.2 Å². The van der Waals surface area contributed by atoms with Crippen LogP contribution in [0.2, 0.25) is 5.15 Å². The molecule has 0 unspecified atom stereocenters. The van der Waals surface area contributed by atoms with Gasteiger partial charge in [-0.1, -0.05) is 23.7 Å². The van der Waals surface area contributed by atoms with Crippen LogP contribution < -0.4 is 15.1 Å². The summed E-state index contributed by atoms with van der Waals surface area (Å²) in [6.45, 7) is 5.39. The number of anilines is 3. The summed E-state index contributed by atoms with van der Waals surface area (Å²) in [4.78, 5) is 21.8. The van der Waals surface area contributed by atoms with Crippen LogP contribution in [0.15, 0.2) is 36.5 Å². The highest BCUT2D eigenvalue weighted by Crippen LogP contribution is 2.31. The molecule has 8 nitrogen and oxygen atoms in total. The van der Waals surface area contributed by atoms with Crippen molar-refractivity contribution >= 4 is 44.6 Å². The number of carbonyl (C=O) groups is 1. The van der Waals surface area contributed by atoms with Gasteiger partial charge in [-0.05, 0) is 39.0 Å². The monoisotopic (exact) mass is 426 g/mol. The molecule has 2 N–H and O–H groups in total. The maximum Gasteiger partial charge on any atom is 0.278 e.